The Morgan fingerprint density at radius 2 is 1.83 bits per heavy atom. The number of carbonyl (C=O) groups excluding carboxylic acids is 1. The molecule has 3 aromatic rings. The first-order chi connectivity index (χ1) is 14.2. The SMILES string of the molecule is Cc1cc(Cl)ccc1O[C@H](C)C(=O)Nc1ccc(S(=O)(=O)Nc2ccccn2)cc1. The van der Waals surface area contributed by atoms with Gasteiger partial charge in [-0.3, -0.25) is 9.52 Å². The highest BCUT2D eigenvalue weighted by molar-refractivity contribution is 7.92. The fraction of sp³-hybridized carbons (Fsp3) is 0.143. The van der Waals surface area contributed by atoms with Crippen molar-refractivity contribution in [2.24, 2.45) is 0 Å². The zero-order chi connectivity index (χ0) is 21.7. The molecule has 0 aliphatic rings. The Bertz CT molecular complexity index is 1140. The van der Waals surface area contributed by atoms with Crippen LogP contribution in [0.4, 0.5) is 11.5 Å². The number of aryl methyl sites for hydroxylation is 1. The summed E-state index contributed by atoms with van der Waals surface area (Å²) >= 11 is 5.93. The molecule has 0 aliphatic heterocycles. The summed E-state index contributed by atoms with van der Waals surface area (Å²) in [5.74, 6) is 0.411. The molecule has 1 aromatic heterocycles. The fourth-order valence-corrected chi connectivity index (χ4v) is 3.81. The second kappa shape index (κ2) is 9.15. The van der Waals surface area contributed by atoms with Gasteiger partial charge in [-0.25, -0.2) is 13.4 Å². The number of anilines is 2. The number of nitrogens with zero attached hydrogens (tertiary/aromatic N) is 1. The second-order valence-corrected chi connectivity index (χ2v) is 8.62. The van der Waals surface area contributed by atoms with Crippen molar-refractivity contribution < 1.29 is 17.9 Å². The second-order valence-electron chi connectivity index (χ2n) is 6.50. The standard InChI is InChI=1S/C21H20ClN3O4S/c1-14-13-16(22)6-11-19(14)29-15(2)21(26)24-17-7-9-18(10-8-17)30(27,28)25-20-5-3-4-12-23-20/h3-13,15H,1-2H3,(H,23,25)(H,24,26)/t15-/m1/s1. The first kappa shape index (κ1) is 21.6. The van der Waals surface area contributed by atoms with E-state index in [0.29, 0.717) is 16.5 Å². The Morgan fingerprint density at radius 1 is 1.10 bits per heavy atom. The molecule has 1 amide bonds. The number of carbonyl (C=O) groups is 1. The van der Waals surface area contributed by atoms with Gasteiger partial charge < -0.3 is 10.1 Å². The van der Waals surface area contributed by atoms with Gasteiger partial charge in [0.25, 0.3) is 15.9 Å². The number of ether oxygens (including phenoxy) is 1. The van der Waals surface area contributed by atoms with E-state index in [0.717, 1.165) is 5.56 Å². The van der Waals surface area contributed by atoms with Gasteiger partial charge in [-0.15, -0.1) is 0 Å². The average Bonchev–Trinajstić information content (AvgIpc) is 2.71. The van der Waals surface area contributed by atoms with Crippen LogP contribution in [0.25, 0.3) is 0 Å². The number of amides is 1. The van der Waals surface area contributed by atoms with Crippen LogP contribution in [-0.2, 0) is 14.8 Å². The molecule has 0 spiro atoms. The van der Waals surface area contributed by atoms with Crippen LogP contribution in [0.15, 0.2) is 71.8 Å². The zero-order valence-electron chi connectivity index (χ0n) is 16.3. The molecule has 1 atom stereocenters. The van der Waals surface area contributed by atoms with E-state index in [-0.39, 0.29) is 16.6 Å². The number of pyridine rings is 1. The highest BCUT2D eigenvalue weighted by Gasteiger charge is 2.18. The monoisotopic (exact) mass is 445 g/mol. The molecule has 0 saturated carbocycles. The number of rotatable bonds is 7. The highest BCUT2D eigenvalue weighted by atomic mass is 35.5. The number of hydrogen-bond donors (Lipinski definition) is 2. The number of halogens is 1. The average molecular weight is 446 g/mol. The van der Waals surface area contributed by atoms with Crippen LogP contribution in [0, 0.1) is 6.92 Å². The summed E-state index contributed by atoms with van der Waals surface area (Å²) in [5.41, 5.74) is 1.26. The van der Waals surface area contributed by atoms with Crippen molar-refractivity contribution in [3.63, 3.8) is 0 Å². The first-order valence-corrected chi connectivity index (χ1v) is 10.9. The maximum Gasteiger partial charge on any atom is 0.265 e. The Hall–Kier alpha value is -3.10. The Kier molecular flexibility index (Phi) is 6.59. The molecule has 0 unspecified atom stereocenters. The van der Waals surface area contributed by atoms with Crippen LogP contribution in [0.1, 0.15) is 12.5 Å². The van der Waals surface area contributed by atoms with Crippen LogP contribution in [0.3, 0.4) is 0 Å². The molecular formula is C21H20ClN3O4S. The highest BCUT2D eigenvalue weighted by Crippen LogP contribution is 2.23. The number of sulfonamides is 1. The van der Waals surface area contributed by atoms with Gasteiger partial charge in [0.15, 0.2) is 6.10 Å². The van der Waals surface area contributed by atoms with Gasteiger partial charge in [0.05, 0.1) is 4.90 Å². The zero-order valence-corrected chi connectivity index (χ0v) is 17.9. The first-order valence-electron chi connectivity index (χ1n) is 9.02. The minimum absolute atomic E-state index is 0.0484. The van der Waals surface area contributed by atoms with E-state index in [2.05, 4.69) is 15.0 Å². The summed E-state index contributed by atoms with van der Waals surface area (Å²) in [6.45, 7) is 3.46. The van der Waals surface area contributed by atoms with E-state index < -0.39 is 16.1 Å². The topological polar surface area (TPSA) is 97.4 Å². The smallest absolute Gasteiger partial charge is 0.265 e. The van der Waals surface area contributed by atoms with Gasteiger partial charge >= 0.3 is 0 Å². The summed E-state index contributed by atoms with van der Waals surface area (Å²) in [7, 11) is -3.78. The molecular weight excluding hydrogens is 426 g/mol. The third-order valence-corrected chi connectivity index (χ3v) is 5.75. The van der Waals surface area contributed by atoms with Crippen LogP contribution < -0.4 is 14.8 Å². The molecule has 2 aromatic carbocycles. The third-order valence-electron chi connectivity index (χ3n) is 4.15. The lowest BCUT2D eigenvalue weighted by molar-refractivity contribution is -0.122. The molecule has 3 rings (SSSR count). The Labute approximate surface area is 180 Å². The molecule has 7 nitrogen and oxygen atoms in total. The maximum atomic E-state index is 12.4. The van der Waals surface area contributed by atoms with Gasteiger partial charge in [0, 0.05) is 16.9 Å². The van der Waals surface area contributed by atoms with Crippen molar-refractivity contribution in [3.8, 4) is 5.75 Å². The Morgan fingerprint density at radius 3 is 2.47 bits per heavy atom. The Balaban J connectivity index is 1.64. The molecule has 0 radical (unpaired) electrons. The fourth-order valence-electron chi connectivity index (χ4n) is 2.57. The van der Waals surface area contributed by atoms with E-state index in [1.54, 1.807) is 43.3 Å². The minimum atomic E-state index is -3.78. The van der Waals surface area contributed by atoms with Crippen molar-refractivity contribution in [1.29, 1.82) is 0 Å². The lowest BCUT2D eigenvalue weighted by Crippen LogP contribution is -2.30. The molecule has 0 aliphatic carbocycles. The van der Waals surface area contributed by atoms with Crippen molar-refractivity contribution in [2.45, 2.75) is 24.8 Å². The van der Waals surface area contributed by atoms with E-state index >= 15 is 0 Å². The van der Waals surface area contributed by atoms with Crippen molar-refractivity contribution in [1.82, 2.24) is 4.98 Å². The molecule has 0 fully saturated rings. The number of nitrogens with one attached hydrogen (secondary N) is 2. The summed E-state index contributed by atoms with van der Waals surface area (Å²) in [4.78, 5) is 16.4. The lowest BCUT2D eigenvalue weighted by Gasteiger charge is -2.16. The summed E-state index contributed by atoms with van der Waals surface area (Å²) < 4.78 is 33.0. The molecule has 0 bridgehead atoms. The molecule has 9 heteroatoms. The molecule has 2 N–H and O–H groups in total. The van der Waals surface area contributed by atoms with Crippen LogP contribution >= 0.6 is 11.6 Å². The van der Waals surface area contributed by atoms with Crippen LogP contribution in [-0.4, -0.2) is 25.4 Å². The van der Waals surface area contributed by atoms with Crippen LogP contribution in [0.5, 0.6) is 5.75 Å². The minimum Gasteiger partial charge on any atom is -0.481 e. The van der Waals surface area contributed by atoms with Gasteiger partial charge in [0.2, 0.25) is 0 Å². The summed E-state index contributed by atoms with van der Waals surface area (Å²) in [5, 5.41) is 3.29. The maximum absolute atomic E-state index is 12.4. The van der Waals surface area contributed by atoms with Gasteiger partial charge in [-0.2, -0.15) is 0 Å². The predicted molar refractivity (Wildman–Crippen MR) is 116 cm³/mol. The largest absolute Gasteiger partial charge is 0.481 e. The normalized spacial score (nSPS) is 12.1. The summed E-state index contributed by atoms with van der Waals surface area (Å²) in [6.07, 6.45) is 0.727. The number of aromatic nitrogens is 1. The molecule has 156 valence electrons. The van der Waals surface area contributed by atoms with E-state index in [1.807, 2.05) is 6.92 Å². The molecule has 1 heterocycles. The molecule has 30 heavy (non-hydrogen) atoms. The van der Waals surface area contributed by atoms with Crippen molar-refractivity contribution in [3.05, 3.63) is 77.4 Å². The lowest BCUT2D eigenvalue weighted by atomic mass is 10.2. The quantitative estimate of drug-likeness (QED) is 0.566. The van der Waals surface area contributed by atoms with Gasteiger partial charge in [0.1, 0.15) is 11.6 Å². The predicted octanol–water partition coefficient (Wildman–Crippen LogP) is 4.25. The van der Waals surface area contributed by atoms with Crippen LogP contribution in [0.2, 0.25) is 5.02 Å². The van der Waals surface area contributed by atoms with Crippen molar-refractivity contribution in [2.75, 3.05) is 10.0 Å². The summed E-state index contributed by atoms with van der Waals surface area (Å²) in [6, 6.07) is 15.9. The van der Waals surface area contributed by atoms with E-state index in [4.69, 9.17) is 16.3 Å². The number of benzene rings is 2. The van der Waals surface area contributed by atoms with Gasteiger partial charge in [-0.05, 0) is 74.0 Å². The van der Waals surface area contributed by atoms with Crippen molar-refractivity contribution >= 4 is 39.0 Å². The number of hydrogen-bond acceptors (Lipinski definition) is 5. The van der Waals surface area contributed by atoms with Gasteiger partial charge in [-0.1, -0.05) is 17.7 Å². The van der Waals surface area contributed by atoms with E-state index in [1.165, 1.54) is 30.5 Å². The third kappa shape index (κ3) is 5.49. The van der Waals surface area contributed by atoms with E-state index in [9.17, 15) is 13.2 Å². The molecule has 0 saturated heterocycles.